The van der Waals surface area contributed by atoms with Crippen LogP contribution in [0.3, 0.4) is 0 Å². The number of ether oxygens (including phenoxy) is 1. The fourth-order valence-corrected chi connectivity index (χ4v) is 3.70. The number of nitro benzene ring substituents is 1. The SMILES string of the molecule is CCOc1ccc(C(=O)Nc2nnc(CN3CCCCC3)s2)cc1[N+](=O)[O-]. The summed E-state index contributed by atoms with van der Waals surface area (Å²) in [5.41, 5.74) is -0.0783. The summed E-state index contributed by atoms with van der Waals surface area (Å²) < 4.78 is 5.23. The summed E-state index contributed by atoms with van der Waals surface area (Å²) in [5, 5.41) is 23.2. The molecule has 1 aromatic heterocycles. The fraction of sp³-hybridized carbons (Fsp3) is 0.471. The molecule has 2 heterocycles. The number of nitro groups is 1. The van der Waals surface area contributed by atoms with Gasteiger partial charge in [-0.1, -0.05) is 17.8 Å². The Balaban J connectivity index is 1.66. The lowest BCUT2D eigenvalue weighted by Gasteiger charge is -2.24. The molecule has 1 N–H and O–H groups in total. The number of benzene rings is 1. The van der Waals surface area contributed by atoms with E-state index in [1.165, 1.54) is 48.8 Å². The quantitative estimate of drug-likeness (QED) is 0.570. The lowest BCUT2D eigenvalue weighted by molar-refractivity contribution is -0.385. The zero-order chi connectivity index (χ0) is 19.2. The van der Waals surface area contributed by atoms with Gasteiger partial charge in [-0.25, -0.2) is 0 Å². The van der Waals surface area contributed by atoms with Crippen molar-refractivity contribution >= 4 is 28.1 Å². The number of carbonyl (C=O) groups excluding carboxylic acids is 1. The van der Waals surface area contributed by atoms with E-state index in [9.17, 15) is 14.9 Å². The Morgan fingerprint density at radius 1 is 1.33 bits per heavy atom. The Labute approximate surface area is 160 Å². The van der Waals surface area contributed by atoms with Crippen molar-refractivity contribution in [3.05, 3.63) is 38.9 Å². The van der Waals surface area contributed by atoms with Crippen LogP contribution in [0.5, 0.6) is 5.75 Å². The number of piperidine rings is 1. The summed E-state index contributed by atoms with van der Waals surface area (Å²) in [6.45, 7) is 4.87. The summed E-state index contributed by atoms with van der Waals surface area (Å²) in [7, 11) is 0. The van der Waals surface area contributed by atoms with E-state index in [4.69, 9.17) is 4.74 Å². The number of nitrogens with one attached hydrogen (secondary N) is 1. The zero-order valence-electron chi connectivity index (χ0n) is 15.0. The third-order valence-corrected chi connectivity index (χ3v) is 5.04. The monoisotopic (exact) mass is 391 g/mol. The molecule has 2 aromatic rings. The number of rotatable bonds is 7. The lowest BCUT2D eigenvalue weighted by Crippen LogP contribution is -2.28. The average molecular weight is 391 g/mol. The minimum Gasteiger partial charge on any atom is -0.487 e. The number of aromatic nitrogens is 2. The van der Waals surface area contributed by atoms with Gasteiger partial charge in [0.1, 0.15) is 5.01 Å². The molecule has 0 unspecified atom stereocenters. The molecule has 0 atom stereocenters. The molecular formula is C17H21N5O4S. The molecular weight excluding hydrogens is 370 g/mol. The first-order valence-corrected chi connectivity index (χ1v) is 9.66. The molecule has 0 spiro atoms. The van der Waals surface area contributed by atoms with Crippen LogP contribution in [0.25, 0.3) is 0 Å². The van der Waals surface area contributed by atoms with Crippen LogP contribution < -0.4 is 10.1 Å². The highest BCUT2D eigenvalue weighted by atomic mass is 32.1. The van der Waals surface area contributed by atoms with Crippen molar-refractivity contribution in [1.29, 1.82) is 0 Å². The third kappa shape index (κ3) is 4.98. The maximum Gasteiger partial charge on any atom is 0.311 e. The van der Waals surface area contributed by atoms with Gasteiger partial charge in [0.05, 0.1) is 18.1 Å². The standard InChI is InChI=1S/C17H21N5O4S/c1-2-26-14-7-6-12(10-13(14)22(24)25)16(23)18-17-20-19-15(27-17)11-21-8-4-3-5-9-21/h6-7,10H,2-5,8-9,11H2,1H3,(H,18,20,23). The largest absolute Gasteiger partial charge is 0.487 e. The molecule has 3 rings (SSSR count). The smallest absolute Gasteiger partial charge is 0.311 e. The van der Waals surface area contributed by atoms with Crippen molar-refractivity contribution in [2.75, 3.05) is 25.0 Å². The molecule has 0 bridgehead atoms. The highest BCUT2D eigenvalue weighted by Crippen LogP contribution is 2.28. The molecule has 1 saturated heterocycles. The maximum absolute atomic E-state index is 12.4. The van der Waals surface area contributed by atoms with Gasteiger partial charge in [0.2, 0.25) is 5.13 Å². The van der Waals surface area contributed by atoms with Crippen LogP contribution in [-0.2, 0) is 6.54 Å². The van der Waals surface area contributed by atoms with Crippen LogP contribution in [-0.4, -0.2) is 45.6 Å². The first-order chi connectivity index (χ1) is 13.1. The van der Waals surface area contributed by atoms with Crippen molar-refractivity contribution in [1.82, 2.24) is 15.1 Å². The number of likely N-dealkylation sites (tertiary alicyclic amines) is 1. The van der Waals surface area contributed by atoms with Gasteiger partial charge in [-0.2, -0.15) is 0 Å². The summed E-state index contributed by atoms with van der Waals surface area (Å²) in [6, 6.07) is 4.12. The molecule has 1 amide bonds. The summed E-state index contributed by atoms with van der Waals surface area (Å²) in [6.07, 6.45) is 3.65. The van der Waals surface area contributed by atoms with E-state index in [0.29, 0.717) is 11.7 Å². The van der Waals surface area contributed by atoms with Crippen molar-refractivity contribution in [2.24, 2.45) is 0 Å². The van der Waals surface area contributed by atoms with Crippen LogP contribution in [0, 0.1) is 10.1 Å². The second kappa shape index (κ2) is 8.87. The Bertz CT molecular complexity index is 819. The van der Waals surface area contributed by atoms with Crippen molar-refractivity contribution < 1.29 is 14.5 Å². The highest BCUT2D eigenvalue weighted by molar-refractivity contribution is 7.15. The van der Waals surface area contributed by atoms with Gasteiger partial charge < -0.3 is 4.74 Å². The average Bonchev–Trinajstić information content (AvgIpc) is 3.09. The van der Waals surface area contributed by atoms with Gasteiger partial charge >= 0.3 is 5.69 Å². The molecule has 27 heavy (non-hydrogen) atoms. The number of amides is 1. The summed E-state index contributed by atoms with van der Waals surface area (Å²) >= 11 is 1.32. The van der Waals surface area contributed by atoms with Gasteiger partial charge in [-0.05, 0) is 45.0 Å². The first-order valence-electron chi connectivity index (χ1n) is 8.84. The Morgan fingerprint density at radius 2 is 2.11 bits per heavy atom. The number of anilines is 1. The molecule has 0 radical (unpaired) electrons. The van der Waals surface area contributed by atoms with Gasteiger partial charge in [0.25, 0.3) is 5.91 Å². The van der Waals surface area contributed by atoms with E-state index in [1.807, 2.05) is 0 Å². The lowest BCUT2D eigenvalue weighted by atomic mass is 10.1. The molecule has 10 heteroatoms. The van der Waals surface area contributed by atoms with E-state index < -0.39 is 10.8 Å². The van der Waals surface area contributed by atoms with Gasteiger partial charge in [-0.3, -0.25) is 25.1 Å². The Morgan fingerprint density at radius 3 is 2.81 bits per heavy atom. The normalized spacial score (nSPS) is 14.7. The second-order valence-corrected chi connectivity index (χ2v) is 7.23. The predicted octanol–water partition coefficient (Wildman–Crippen LogP) is 3.08. The number of hydrogen-bond donors (Lipinski definition) is 1. The first kappa shape index (κ1) is 19.2. The van der Waals surface area contributed by atoms with Crippen molar-refractivity contribution in [3.63, 3.8) is 0 Å². The maximum atomic E-state index is 12.4. The molecule has 1 aliphatic heterocycles. The number of nitrogens with zero attached hydrogens (tertiary/aromatic N) is 4. The minimum absolute atomic E-state index is 0.138. The molecule has 0 aliphatic carbocycles. The Kier molecular flexibility index (Phi) is 6.30. The van der Waals surface area contributed by atoms with E-state index in [0.717, 1.165) is 24.6 Å². The van der Waals surface area contributed by atoms with Crippen LogP contribution in [0.2, 0.25) is 0 Å². The van der Waals surface area contributed by atoms with Gasteiger partial charge in [0, 0.05) is 11.6 Å². The van der Waals surface area contributed by atoms with Crippen molar-refractivity contribution in [2.45, 2.75) is 32.7 Å². The molecule has 1 fully saturated rings. The Hall–Kier alpha value is -2.59. The molecule has 9 nitrogen and oxygen atoms in total. The summed E-state index contributed by atoms with van der Waals surface area (Å²) in [4.78, 5) is 25.4. The summed E-state index contributed by atoms with van der Waals surface area (Å²) in [5.74, 6) is -0.333. The van der Waals surface area contributed by atoms with Gasteiger partial charge in [0.15, 0.2) is 5.75 Å². The van der Waals surface area contributed by atoms with E-state index in [2.05, 4.69) is 20.4 Å². The highest BCUT2D eigenvalue weighted by Gasteiger charge is 2.20. The fourth-order valence-electron chi connectivity index (χ4n) is 2.92. The molecule has 144 valence electrons. The molecule has 1 aromatic carbocycles. The van der Waals surface area contributed by atoms with E-state index in [-0.39, 0.29) is 17.0 Å². The number of hydrogen-bond acceptors (Lipinski definition) is 8. The van der Waals surface area contributed by atoms with Crippen molar-refractivity contribution in [3.8, 4) is 5.75 Å². The molecule has 0 saturated carbocycles. The topological polar surface area (TPSA) is 110 Å². The van der Waals surface area contributed by atoms with Gasteiger partial charge in [-0.15, -0.1) is 10.2 Å². The number of carbonyl (C=O) groups is 1. The van der Waals surface area contributed by atoms with Crippen LogP contribution in [0.15, 0.2) is 18.2 Å². The van der Waals surface area contributed by atoms with Crippen LogP contribution in [0.4, 0.5) is 10.8 Å². The van der Waals surface area contributed by atoms with Crippen LogP contribution in [0.1, 0.15) is 41.6 Å². The van der Waals surface area contributed by atoms with E-state index >= 15 is 0 Å². The third-order valence-electron chi connectivity index (χ3n) is 4.21. The zero-order valence-corrected chi connectivity index (χ0v) is 15.8. The molecule has 1 aliphatic rings. The van der Waals surface area contributed by atoms with Crippen LogP contribution >= 0.6 is 11.3 Å². The predicted molar refractivity (Wildman–Crippen MR) is 101 cm³/mol. The minimum atomic E-state index is -0.566. The van der Waals surface area contributed by atoms with E-state index in [1.54, 1.807) is 6.92 Å². The second-order valence-electron chi connectivity index (χ2n) is 6.16.